The predicted molar refractivity (Wildman–Crippen MR) is 52.5 cm³/mol. The van der Waals surface area contributed by atoms with E-state index in [2.05, 4.69) is 11.9 Å². The first-order chi connectivity index (χ1) is 6.03. The number of hydrogen-bond donors (Lipinski definition) is 1. The maximum atomic E-state index is 9.63. The van der Waals surface area contributed by atoms with Crippen molar-refractivity contribution < 1.29 is 5.11 Å². The molecule has 1 rings (SSSR count). The van der Waals surface area contributed by atoms with E-state index in [1.807, 2.05) is 24.6 Å². The lowest BCUT2D eigenvalue weighted by atomic mass is 10.1. The minimum atomic E-state index is -0.664. The summed E-state index contributed by atoms with van der Waals surface area (Å²) in [5.74, 6) is 1.06. The van der Waals surface area contributed by atoms with Crippen molar-refractivity contribution in [2.45, 2.75) is 45.8 Å². The average molecular weight is 182 g/mol. The molecule has 0 radical (unpaired) electrons. The Kier molecular flexibility index (Phi) is 3.09. The van der Waals surface area contributed by atoms with Gasteiger partial charge < -0.3 is 9.67 Å². The molecule has 0 saturated heterocycles. The molecule has 74 valence electrons. The molecule has 1 aromatic heterocycles. The van der Waals surface area contributed by atoms with Gasteiger partial charge in [-0.3, -0.25) is 0 Å². The molecule has 13 heavy (non-hydrogen) atoms. The molecule has 0 amide bonds. The Balaban J connectivity index is 2.70. The third-order valence-electron chi connectivity index (χ3n) is 1.83. The maximum Gasteiger partial charge on any atom is 0.108 e. The summed E-state index contributed by atoms with van der Waals surface area (Å²) in [4.78, 5) is 4.24. The Morgan fingerprint density at radius 3 is 2.77 bits per heavy atom. The molecule has 0 bridgehead atoms. The molecular formula is C10H18N2O. The van der Waals surface area contributed by atoms with E-state index in [0.717, 1.165) is 18.7 Å². The van der Waals surface area contributed by atoms with Crippen LogP contribution in [0.3, 0.4) is 0 Å². The zero-order valence-electron chi connectivity index (χ0n) is 8.62. The van der Waals surface area contributed by atoms with Gasteiger partial charge in [-0.2, -0.15) is 0 Å². The first-order valence-electron chi connectivity index (χ1n) is 4.75. The van der Waals surface area contributed by atoms with Crippen molar-refractivity contribution >= 4 is 0 Å². The Labute approximate surface area is 79.4 Å². The molecule has 1 N–H and O–H groups in total. The molecule has 0 aliphatic rings. The lowest BCUT2D eigenvalue weighted by molar-refractivity contribution is 0.0606. The normalized spacial score (nSPS) is 12.0. The standard InChI is InChI=1S/C10H18N2O/c1-4-5-9-11-6-7-12(9)8-10(2,3)13/h6-7,13H,4-5,8H2,1-3H3. The second-order valence-corrected chi connectivity index (χ2v) is 4.03. The summed E-state index contributed by atoms with van der Waals surface area (Å²) in [7, 11) is 0. The molecule has 0 fully saturated rings. The lowest BCUT2D eigenvalue weighted by Gasteiger charge is -2.19. The molecular weight excluding hydrogens is 164 g/mol. The zero-order valence-corrected chi connectivity index (χ0v) is 8.62. The van der Waals surface area contributed by atoms with Crippen LogP contribution >= 0.6 is 0 Å². The number of rotatable bonds is 4. The van der Waals surface area contributed by atoms with E-state index in [0.29, 0.717) is 6.54 Å². The topological polar surface area (TPSA) is 38.0 Å². The smallest absolute Gasteiger partial charge is 0.108 e. The summed E-state index contributed by atoms with van der Waals surface area (Å²) in [6.45, 7) is 6.36. The first-order valence-corrected chi connectivity index (χ1v) is 4.75. The van der Waals surface area contributed by atoms with Gasteiger partial charge in [0.1, 0.15) is 5.82 Å². The van der Waals surface area contributed by atoms with Crippen LogP contribution in [0, 0.1) is 0 Å². The molecule has 0 spiro atoms. The van der Waals surface area contributed by atoms with Crippen LogP contribution in [0.15, 0.2) is 12.4 Å². The molecule has 3 heteroatoms. The fourth-order valence-electron chi connectivity index (χ4n) is 1.35. The number of aliphatic hydroxyl groups is 1. The number of hydrogen-bond acceptors (Lipinski definition) is 2. The van der Waals surface area contributed by atoms with E-state index < -0.39 is 5.60 Å². The van der Waals surface area contributed by atoms with Gasteiger partial charge in [0, 0.05) is 18.8 Å². The second kappa shape index (κ2) is 3.92. The lowest BCUT2D eigenvalue weighted by Crippen LogP contribution is -2.26. The fourth-order valence-corrected chi connectivity index (χ4v) is 1.35. The van der Waals surface area contributed by atoms with E-state index in [-0.39, 0.29) is 0 Å². The SMILES string of the molecule is CCCc1nccn1CC(C)(C)O. The summed E-state index contributed by atoms with van der Waals surface area (Å²) < 4.78 is 2.02. The van der Waals surface area contributed by atoms with Crippen LogP contribution < -0.4 is 0 Å². The number of nitrogens with zero attached hydrogens (tertiary/aromatic N) is 2. The van der Waals surface area contributed by atoms with Crippen molar-refractivity contribution in [1.82, 2.24) is 9.55 Å². The van der Waals surface area contributed by atoms with E-state index in [4.69, 9.17) is 0 Å². The predicted octanol–water partition coefficient (Wildman–Crippen LogP) is 1.61. The highest BCUT2D eigenvalue weighted by Crippen LogP contribution is 2.09. The fraction of sp³-hybridized carbons (Fsp3) is 0.700. The summed E-state index contributed by atoms with van der Waals surface area (Å²) in [6.07, 6.45) is 5.77. The summed E-state index contributed by atoms with van der Waals surface area (Å²) in [5, 5.41) is 9.63. The second-order valence-electron chi connectivity index (χ2n) is 4.03. The molecule has 3 nitrogen and oxygen atoms in total. The molecule has 1 aromatic rings. The molecule has 0 aliphatic heterocycles. The average Bonchev–Trinajstić information content (AvgIpc) is 2.34. The third kappa shape index (κ3) is 3.19. The monoisotopic (exact) mass is 182 g/mol. The van der Waals surface area contributed by atoms with Gasteiger partial charge in [0.25, 0.3) is 0 Å². The Morgan fingerprint density at radius 2 is 2.23 bits per heavy atom. The van der Waals surface area contributed by atoms with Crippen molar-refractivity contribution in [3.63, 3.8) is 0 Å². The summed E-state index contributed by atoms with van der Waals surface area (Å²) in [6, 6.07) is 0. The molecule has 0 unspecified atom stereocenters. The molecule has 0 aliphatic carbocycles. The van der Waals surface area contributed by atoms with Gasteiger partial charge >= 0.3 is 0 Å². The van der Waals surface area contributed by atoms with E-state index in [9.17, 15) is 5.11 Å². The van der Waals surface area contributed by atoms with Crippen LogP contribution in [0.25, 0.3) is 0 Å². The maximum absolute atomic E-state index is 9.63. The van der Waals surface area contributed by atoms with Gasteiger partial charge in [-0.1, -0.05) is 6.92 Å². The van der Waals surface area contributed by atoms with Crippen LogP contribution in [-0.4, -0.2) is 20.3 Å². The van der Waals surface area contributed by atoms with Crippen LogP contribution in [0.2, 0.25) is 0 Å². The van der Waals surface area contributed by atoms with Crippen molar-refractivity contribution in [3.05, 3.63) is 18.2 Å². The van der Waals surface area contributed by atoms with Gasteiger partial charge in [-0.15, -0.1) is 0 Å². The summed E-state index contributed by atoms with van der Waals surface area (Å²) >= 11 is 0. The minimum Gasteiger partial charge on any atom is -0.389 e. The number of aryl methyl sites for hydroxylation is 1. The van der Waals surface area contributed by atoms with E-state index >= 15 is 0 Å². The minimum absolute atomic E-state index is 0.613. The largest absolute Gasteiger partial charge is 0.389 e. The van der Waals surface area contributed by atoms with Gasteiger partial charge in [-0.25, -0.2) is 4.98 Å². The third-order valence-corrected chi connectivity index (χ3v) is 1.83. The van der Waals surface area contributed by atoms with Crippen molar-refractivity contribution in [2.75, 3.05) is 0 Å². The summed E-state index contributed by atoms with van der Waals surface area (Å²) in [5.41, 5.74) is -0.664. The van der Waals surface area contributed by atoms with Crippen molar-refractivity contribution in [1.29, 1.82) is 0 Å². The number of aromatic nitrogens is 2. The number of imidazole rings is 1. The molecule has 0 atom stereocenters. The van der Waals surface area contributed by atoms with Crippen LogP contribution in [0.5, 0.6) is 0 Å². The quantitative estimate of drug-likeness (QED) is 0.768. The Hall–Kier alpha value is -0.830. The highest BCUT2D eigenvalue weighted by Gasteiger charge is 2.14. The van der Waals surface area contributed by atoms with Crippen LogP contribution in [-0.2, 0) is 13.0 Å². The van der Waals surface area contributed by atoms with Crippen molar-refractivity contribution in [2.24, 2.45) is 0 Å². The van der Waals surface area contributed by atoms with Gasteiger partial charge in [0.05, 0.1) is 12.1 Å². The molecule has 0 saturated carbocycles. The highest BCUT2D eigenvalue weighted by molar-refractivity contribution is 4.93. The van der Waals surface area contributed by atoms with E-state index in [1.54, 1.807) is 6.20 Å². The van der Waals surface area contributed by atoms with Gasteiger partial charge in [0.15, 0.2) is 0 Å². The Morgan fingerprint density at radius 1 is 1.54 bits per heavy atom. The zero-order chi connectivity index (χ0) is 9.90. The molecule has 1 heterocycles. The van der Waals surface area contributed by atoms with E-state index in [1.165, 1.54) is 0 Å². The molecule has 0 aromatic carbocycles. The van der Waals surface area contributed by atoms with Crippen LogP contribution in [0.1, 0.15) is 33.0 Å². The van der Waals surface area contributed by atoms with Gasteiger partial charge in [-0.05, 0) is 20.3 Å². The Bertz CT molecular complexity index is 260. The first kappa shape index (κ1) is 10.3. The van der Waals surface area contributed by atoms with Crippen LogP contribution in [0.4, 0.5) is 0 Å². The van der Waals surface area contributed by atoms with Crippen molar-refractivity contribution in [3.8, 4) is 0 Å². The highest BCUT2D eigenvalue weighted by atomic mass is 16.3. The van der Waals surface area contributed by atoms with Gasteiger partial charge in [0.2, 0.25) is 0 Å².